The van der Waals surface area contributed by atoms with Crippen LogP contribution in [-0.2, 0) is 11.3 Å². The molecule has 1 fully saturated rings. The van der Waals surface area contributed by atoms with Gasteiger partial charge in [0.1, 0.15) is 6.54 Å². The molecule has 0 saturated heterocycles. The summed E-state index contributed by atoms with van der Waals surface area (Å²) in [6.07, 6.45) is 2.65. The van der Waals surface area contributed by atoms with Crippen LogP contribution in [0, 0.1) is 12.8 Å². The van der Waals surface area contributed by atoms with Gasteiger partial charge < -0.3 is 19.5 Å². The van der Waals surface area contributed by atoms with Crippen molar-refractivity contribution >= 4 is 5.96 Å². The molecule has 1 heterocycles. The Labute approximate surface area is 125 Å². The fraction of sp³-hybridized carbons (Fsp3) is 0.786. The van der Waals surface area contributed by atoms with E-state index >= 15 is 0 Å². The average molecular weight is 295 g/mol. The Balaban J connectivity index is 1.77. The van der Waals surface area contributed by atoms with Crippen molar-refractivity contribution in [2.75, 3.05) is 33.4 Å². The van der Waals surface area contributed by atoms with Crippen molar-refractivity contribution in [3.05, 3.63) is 11.7 Å². The molecule has 7 heteroatoms. The Bertz CT molecular complexity index is 456. The lowest BCUT2D eigenvalue weighted by atomic mass is 10.5. The number of hydrogen-bond donors (Lipinski definition) is 1. The van der Waals surface area contributed by atoms with Crippen LogP contribution in [0.25, 0.3) is 0 Å². The molecule has 1 aromatic rings. The van der Waals surface area contributed by atoms with E-state index in [0.29, 0.717) is 18.3 Å². The minimum Gasteiger partial charge on any atom is -0.379 e. The van der Waals surface area contributed by atoms with Crippen molar-refractivity contribution in [1.29, 1.82) is 0 Å². The summed E-state index contributed by atoms with van der Waals surface area (Å²) in [7, 11) is 2.00. The van der Waals surface area contributed by atoms with Crippen LogP contribution in [0.2, 0.25) is 0 Å². The van der Waals surface area contributed by atoms with E-state index in [0.717, 1.165) is 38.2 Å². The van der Waals surface area contributed by atoms with Crippen LogP contribution in [0.5, 0.6) is 0 Å². The Morgan fingerprint density at radius 3 is 2.95 bits per heavy atom. The van der Waals surface area contributed by atoms with E-state index < -0.39 is 0 Å². The first-order valence-electron chi connectivity index (χ1n) is 7.55. The van der Waals surface area contributed by atoms with Gasteiger partial charge in [0.2, 0.25) is 5.89 Å². The number of aryl methyl sites for hydroxylation is 1. The molecule has 1 N–H and O–H groups in total. The minimum atomic E-state index is 0.410. The van der Waals surface area contributed by atoms with Gasteiger partial charge in [-0.05, 0) is 25.7 Å². The van der Waals surface area contributed by atoms with Gasteiger partial charge in [0.25, 0.3) is 0 Å². The molecule has 21 heavy (non-hydrogen) atoms. The molecular weight excluding hydrogens is 270 g/mol. The van der Waals surface area contributed by atoms with E-state index in [2.05, 4.69) is 25.3 Å². The highest BCUT2D eigenvalue weighted by atomic mass is 16.5. The van der Waals surface area contributed by atoms with Crippen molar-refractivity contribution in [2.24, 2.45) is 10.9 Å². The first kappa shape index (κ1) is 15.8. The third-order valence-corrected chi connectivity index (χ3v) is 3.26. The molecule has 0 unspecified atom stereocenters. The number of nitrogens with zero attached hydrogens (tertiary/aromatic N) is 4. The van der Waals surface area contributed by atoms with Crippen molar-refractivity contribution in [1.82, 2.24) is 20.4 Å². The SMILES string of the molecule is CCNC(=NCc1noc(C)n1)N(C)CCOCC1CC1. The zero-order valence-corrected chi connectivity index (χ0v) is 13.1. The van der Waals surface area contributed by atoms with E-state index in [9.17, 15) is 0 Å². The molecule has 0 spiro atoms. The summed E-state index contributed by atoms with van der Waals surface area (Å²) in [5, 5.41) is 7.10. The summed E-state index contributed by atoms with van der Waals surface area (Å²) in [6.45, 7) is 7.47. The maximum Gasteiger partial charge on any atom is 0.223 e. The number of likely N-dealkylation sites (N-methyl/N-ethyl adjacent to an activating group) is 1. The van der Waals surface area contributed by atoms with Crippen LogP contribution < -0.4 is 5.32 Å². The van der Waals surface area contributed by atoms with E-state index in [1.165, 1.54) is 12.8 Å². The van der Waals surface area contributed by atoms with Crippen molar-refractivity contribution in [3.63, 3.8) is 0 Å². The minimum absolute atomic E-state index is 0.410. The van der Waals surface area contributed by atoms with Gasteiger partial charge in [0.05, 0.1) is 6.61 Å². The fourth-order valence-corrected chi connectivity index (χ4v) is 1.86. The Morgan fingerprint density at radius 1 is 1.52 bits per heavy atom. The maximum absolute atomic E-state index is 5.66. The molecule has 118 valence electrons. The van der Waals surface area contributed by atoms with Crippen LogP contribution in [0.15, 0.2) is 9.52 Å². The van der Waals surface area contributed by atoms with Crippen molar-refractivity contribution in [3.8, 4) is 0 Å². The van der Waals surface area contributed by atoms with Crippen LogP contribution in [0.3, 0.4) is 0 Å². The normalized spacial score (nSPS) is 15.3. The van der Waals surface area contributed by atoms with Crippen molar-refractivity contribution < 1.29 is 9.26 Å². The molecule has 0 atom stereocenters. The third-order valence-electron chi connectivity index (χ3n) is 3.26. The van der Waals surface area contributed by atoms with E-state index in [-0.39, 0.29) is 0 Å². The van der Waals surface area contributed by atoms with Gasteiger partial charge in [0.15, 0.2) is 11.8 Å². The number of aromatic nitrogens is 2. The summed E-state index contributed by atoms with van der Waals surface area (Å²) < 4.78 is 10.6. The molecule has 0 amide bonds. The van der Waals surface area contributed by atoms with Gasteiger partial charge in [0, 0.05) is 33.7 Å². The zero-order valence-electron chi connectivity index (χ0n) is 13.1. The van der Waals surface area contributed by atoms with Gasteiger partial charge in [-0.2, -0.15) is 4.98 Å². The van der Waals surface area contributed by atoms with Gasteiger partial charge >= 0.3 is 0 Å². The van der Waals surface area contributed by atoms with Crippen LogP contribution in [0.4, 0.5) is 0 Å². The molecule has 0 radical (unpaired) electrons. The lowest BCUT2D eigenvalue weighted by molar-refractivity contribution is 0.115. The lowest BCUT2D eigenvalue weighted by Gasteiger charge is -2.21. The molecule has 7 nitrogen and oxygen atoms in total. The molecular formula is C14H25N5O2. The van der Waals surface area contributed by atoms with E-state index in [1.54, 1.807) is 6.92 Å². The molecule has 0 bridgehead atoms. The summed E-state index contributed by atoms with van der Waals surface area (Å²) >= 11 is 0. The molecule has 1 aliphatic rings. The number of guanidine groups is 1. The second kappa shape index (κ2) is 7.97. The molecule has 1 aliphatic carbocycles. The smallest absolute Gasteiger partial charge is 0.223 e. The zero-order chi connectivity index (χ0) is 15.1. The first-order valence-corrected chi connectivity index (χ1v) is 7.55. The predicted molar refractivity (Wildman–Crippen MR) is 80.0 cm³/mol. The third kappa shape index (κ3) is 5.71. The summed E-state index contributed by atoms with van der Waals surface area (Å²) in [5.41, 5.74) is 0. The molecule has 1 aromatic heterocycles. The number of aliphatic imine (C=N–C) groups is 1. The second-order valence-electron chi connectivity index (χ2n) is 5.34. The Kier molecular flexibility index (Phi) is 5.98. The highest BCUT2D eigenvalue weighted by molar-refractivity contribution is 5.79. The summed E-state index contributed by atoms with van der Waals surface area (Å²) in [4.78, 5) is 10.7. The molecule has 0 aromatic carbocycles. The maximum atomic E-state index is 5.66. The van der Waals surface area contributed by atoms with Gasteiger partial charge in [-0.3, -0.25) is 0 Å². The lowest BCUT2D eigenvalue weighted by Crippen LogP contribution is -2.40. The molecule has 0 aliphatic heterocycles. The standard InChI is InChI=1S/C14H25N5O2/c1-4-15-14(16-9-13-17-11(2)21-18-13)19(3)7-8-20-10-12-5-6-12/h12H,4-10H2,1-3H3,(H,15,16). The van der Waals surface area contributed by atoms with Crippen LogP contribution in [-0.4, -0.2) is 54.4 Å². The van der Waals surface area contributed by atoms with Crippen LogP contribution >= 0.6 is 0 Å². The van der Waals surface area contributed by atoms with Crippen LogP contribution in [0.1, 0.15) is 31.5 Å². The van der Waals surface area contributed by atoms with E-state index in [1.807, 2.05) is 14.0 Å². The number of nitrogens with one attached hydrogen (secondary N) is 1. The topological polar surface area (TPSA) is 75.8 Å². The number of hydrogen-bond acceptors (Lipinski definition) is 5. The first-order chi connectivity index (χ1) is 10.2. The molecule has 2 rings (SSSR count). The summed E-state index contributed by atoms with van der Waals surface area (Å²) in [5.74, 6) is 2.79. The second-order valence-corrected chi connectivity index (χ2v) is 5.34. The Morgan fingerprint density at radius 2 is 2.33 bits per heavy atom. The average Bonchev–Trinajstić information content (AvgIpc) is 3.20. The number of ether oxygens (including phenoxy) is 1. The largest absolute Gasteiger partial charge is 0.379 e. The quantitative estimate of drug-likeness (QED) is 0.441. The number of rotatable bonds is 8. The highest BCUT2D eigenvalue weighted by Crippen LogP contribution is 2.28. The van der Waals surface area contributed by atoms with E-state index in [4.69, 9.17) is 9.26 Å². The monoisotopic (exact) mass is 295 g/mol. The fourth-order valence-electron chi connectivity index (χ4n) is 1.86. The highest BCUT2D eigenvalue weighted by Gasteiger charge is 2.21. The molecule has 1 saturated carbocycles. The van der Waals surface area contributed by atoms with Crippen molar-refractivity contribution in [2.45, 2.75) is 33.2 Å². The van der Waals surface area contributed by atoms with Gasteiger partial charge in [-0.25, -0.2) is 4.99 Å². The Hall–Kier alpha value is -1.63. The van der Waals surface area contributed by atoms with Gasteiger partial charge in [-0.1, -0.05) is 5.16 Å². The summed E-state index contributed by atoms with van der Waals surface area (Å²) in [6, 6.07) is 0. The van der Waals surface area contributed by atoms with Gasteiger partial charge in [-0.15, -0.1) is 0 Å². The predicted octanol–water partition coefficient (Wildman–Crippen LogP) is 1.20.